The highest BCUT2D eigenvalue weighted by Crippen LogP contribution is 2.38. The predicted molar refractivity (Wildman–Crippen MR) is 138 cm³/mol. The Labute approximate surface area is 210 Å². The van der Waals surface area contributed by atoms with Gasteiger partial charge in [0.2, 0.25) is 0 Å². The topological polar surface area (TPSA) is 106 Å². The van der Waals surface area contributed by atoms with Crippen LogP contribution in [0.4, 0.5) is 5.82 Å². The average Bonchev–Trinajstić information content (AvgIpc) is 3.63. The van der Waals surface area contributed by atoms with Crippen LogP contribution in [0.25, 0.3) is 22.2 Å². The zero-order valence-electron chi connectivity index (χ0n) is 19.7. The standard InChI is InChI=1S/C25H23ClN8O2/c1-15(31-36-2)17-13-27-22-20(17)24(29-14-28-22)32-11-6-9-19(32)23-30-33-12-10-18(26)21(33)25(35)34(23)16-7-4-3-5-8-16/h3-5,7-8,10,12-14,19H,6,9,11H2,1-2H3,(H,27,28,29)/t19-/m0/s1. The van der Waals surface area contributed by atoms with Crippen LogP contribution in [0, 0.1) is 0 Å². The Morgan fingerprint density at radius 3 is 2.86 bits per heavy atom. The number of hydrogen-bond donors (Lipinski definition) is 1. The van der Waals surface area contributed by atoms with E-state index in [-0.39, 0.29) is 11.6 Å². The highest BCUT2D eigenvalue weighted by Gasteiger charge is 2.34. The molecular formula is C25H23ClN8O2. The summed E-state index contributed by atoms with van der Waals surface area (Å²) in [6.07, 6.45) is 6.84. The molecule has 0 amide bonds. The van der Waals surface area contributed by atoms with Gasteiger partial charge in [0.1, 0.15) is 30.4 Å². The zero-order chi connectivity index (χ0) is 24.8. The number of oxime groups is 1. The second-order valence-electron chi connectivity index (χ2n) is 8.63. The van der Waals surface area contributed by atoms with Gasteiger partial charge in [-0.15, -0.1) is 0 Å². The Morgan fingerprint density at radius 1 is 1.22 bits per heavy atom. The first-order valence-corrected chi connectivity index (χ1v) is 12.0. The van der Waals surface area contributed by atoms with Crippen LogP contribution < -0.4 is 10.5 Å². The lowest BCUT2D eigenvalue weighted by Gasteiger charge is -2.28. The van der Waals surface area contributed by atoms with Crippen LogP contribution in [0.2, 0.25) is 5.02 Å². The van der Waals surface area contributed by atoms with Crippen LogP contribution in [-0.2, 0) is 4.84 Å². The number of para-hydroxylation sites is 1. The molecule has 0 aliphatic carbocycles. The monoisotopic (exact) mass is 502 g/mol. The number of benzene rings is 1. The SMILES string of the molecule is CON=C(C)c1c[nH]c2ncnc(N3CCC[C@H]3c3nn4ccc(Cl)c4c(=O)n3-c3ccccc3)c12. The van der Waals surface area contributed by atoms with Crippen molar-refractivity contribution in [3.05, 3.63) is 81.9 Å². The van der Waals surface area contributed by atoms with Crippen molar-refractivity contribution in [2.75, 3.05) is 18.6 Å². The fourth-order valence-corrected chi connectivity index (χ4v) is 5.24. The van der Waals surface area contributed by atoms with E-state index in [0.717, 1.165) is 41.8 Å². The number of aromatic amines is 1. The summed E-state index contributed by atoms with van der Waals surface area (Å²) in [7, 11) is 1.52. The summed E-state index contributed by atoms with van der Waals surface area (Å²) in [4.78, 5) is 33.3. The van der Waals surface area contributed by atoms with Crippen molar-refractivity contribution in [2.45, 2.75) is 25.8 Å². The van der Waals surface area contributed by atoms with Gasteiger partial charge in [-0.3, -0.25) is 9.36 Å². The second kappa shape index (κ2) is 8.80. The largest absolute Gasteiger partial charge is 0.399 e. The van der Waals surface area contributed by atoms with Crippen LogP contribution >= 0.6 is 11.6 Å². The van der Waals surface area contributed by atoms with Crippen LogP contribution in [0.15, 0.2) is 65.1 Å². The van der Waals surface area contributed by atoms with Gasteiger partial charge < -0.3 is 14.7 Å². The van der Waals surface area contributed by atoms with E-state index in [1.807, 2.05) is 43.5 Å². The number of H-pyrrole nitrogens is 1. The van der Waals surface area contributed by atoms with Crippen molar-refractivity contribution in [2.24, 2.45) is 5.16 Å². The van der Waals surface area contributed by atoms with Gasteiger partial charge in [0.15, 0.2) is 5.82 Å². The van der Waals surface area contributed by atoms with Gasteiger partial charge in [0.25, 0.3) is 5.56 Å². The Balaban J connectivity index is 1.58. The molecule has 5 heterocycles. The van der Waals surface area contributed by atoms with Crippen LogP contribution in [0.1, 0.15) is 37.2 Å². The molecular weight excluding hydrogens is 480 g/mol. The highest BCUT2D eigenvalue weighted by molar-refractivity contribution is 6.33. The highest BCUT2D eigenvalue weighted by atomic mass is 35.5. The summed E-state index contributed by atoms with van der Waals surface area (Å²) in [5.74, 6) is 1.37. The molecule has 11 heteroatoms. The normalized spacial score (nSPS) is 16.4. The number of aromatic nitrogens is 6. The van der Waals surface area contributed by atoms with Gasteiger partial charge in [0, 0.05) is 24.5 Å². The Bertz CT molecular complexity index is 1670. The Morgan fingerprint density at radius 2 is 2.06 bits per heavy atom. The predicted octanol–water partition coefficient (Wildman–Crippen LogP) is 4.12. The van der Waals surface area contributed by atoms with Crippen molar-refractivity contribution in [3.8, 4) is 5.69 Å². The first-order chi connectivity index (χ1) is 17.6. The molecule has 10 nitrogen and oxygen atoms in total. The minimum Gasteiger partial charge on any atom is -0.399 e. The summed E-state index contributed by atoms with van der Waals surface area (Å²) >= 11 is 6.37. The molecule has 6 rings (SSSR count). The lowest BCUT2D eigenvalue weighted by atomic mass is 10.1. The number of rotatable bonds is 5. The van der Waals surface area contributed by atoms with E-state index in [9.17, 15) is 4.79 Å². The molecule has 4 aromatic heterocycles. The van der Waals surface area contributed by atoms with E-state index in [0.29, 0.717) is 27.7 Å². The number of fused-ring (bicyclic) bond motifs is 2. The number of nitrogens with zero attached hydrogens (tertiary/aromatic N) is 7. The number of halogens is 1. The number of nitrogens with one attached hydrogen (secondary N) is 1. The molecule has 5 aromatic rings. The average molecular weight is 503 g/mol. The van der Waals surface area contributed by atoms with Crippen LogP contribution in [-0.4, -0.2) is 48.5 Å². The maximum Gasteiger partial charge on any atom is 0.284 e. The molecule has 1 aromatic carbocycles. The fraction of sp³-hybridized carbons (Fsp3) is 0.240. The summed E-state index contributed by atoms with van der Waals surface area (Å²) in [5.41, 5.74) is 3.12. The fourth-order valence-electron chi connectivity index (χ4n) is 5.01. The van der Waals surface area contributed by atoms with E-state index in [2.05, 4.69) is 25.0 Å². The molecule has 1 aliphatic heterocycles. The minimum absolute atomic E-state index is 0.205. The minimum atomic E-state index is -0.216. The molecule has 1 fully saturated rings. The first kappa shape index (κ1) is 22.3. The molecule has 0 unspecified atom stereocenters. The van der Waals surface area contributed by atoms with Gasteiger partial charge in [-0.2, -0.15) is 5.10 Å². The van der Waals surface area contributed by atoms with Crippen molar-refractivity contribution in [1.82, 2.24) is 29.1 Å². The van der Waals surface area contributed by atoms with E-state index in [1.54, 1.807) is 27.7 Å². The smallest absolute Gasteiger partial charge is 0.284 e. The lowest BCUT2D eigenvalue weighted by molar-refractivity contribution is 0.213. The molecule has 1 aliphatic rings. The third-order valence-corrected chi connectivity index (χ3v) is 6.87. The van der Waals surface area contributed by atoms with Crippen molar-refractivity contribution < 1.29 is 4.84 Å². The molecule has 1 atom stereocenters. The second-order valence-corrected chi connectivity index (χ2v) is 9.03. The van der Waals surface area contributed by atoms with E-state index >= 15 is 0 Å². The summed E-state index contributed by atoms with van der Waals surface area (Å²) in [6.45, 7) is 2.62. The Hall–Kier alpha value is -4.18. The molecule has 0 spiro atoms. The third-order valence-electron chi connectivity index (χ3n) is 6.57. The molecule has 0 radical (unpaired) electrons. The Kier molecular flexibility index (Phi) is 5.45. The summed E-state index contributed by atoms with van der Waals surface area (Å²) in [6, 6.07) is 11.0. The van der Waals surface area contributed by atoms with E-state index in [4.69, 9.17) is 21.5 Å². The van der Waals surface area contributed by atoms with Crippen LogP contribution in [0.5, 0.6) is 0 Å². The number of anilines is 1. The summed E-state index contributed by atoms with van der Waals surface area (Å²) in [5, 5.41) is 10.2. The van der Waals surface area contributed by atoms with Crippen LogP contribution in [0.3, 0.4) is 0 Å². The third kappa shape index (κ3) is 3.44. The van der Waals surface area contributed by atoms with Crippen molar-refractivity contribution in [3.63, 3.8) is 0 Å². The molecule has 0 bridgehead atoms. The zero-order valence-corrected chi connectivity index (χ0v) is 20.5. The quantitative estimate of drug-likeness (QED) is 0.286. The van der Waals surface area contributed by atoms with Crippen molar-refractivity contribution >= 4 is 39.7 Å². The molecule has 182 valence electrons. The molecule has 36 heavy (non-hydrogen) atoms. The number of hydrogen-bond acceptors (Lipinski definition) is 7. The molecule has 0 saturated carbocycles. The van der Waals surface area contributed by atoms with Gasteiger partial charge in [-0.05, 0) is 38.0 Å². The lowest BCUT2D eigenvalue weighted by Crippen LogP contribution is -2.33. The molecule has 1 saturated heterocycles. The van der Waals surface area contributed by atoms with E-state index < -0.39 is 0 Å². The van der Waals surface area contributed by atoms with Gasteiger partial charge >= 0.3 is 0 Å². The van der Waals surface area contributed by atoms with Gasteiger partial charge in [-0.1, -0.05) is 35.0 Å². The van der Waals surface area contributed by atoms with Gasteiger partial charge in [-0.25, -0.2) is 14.5 Å². The van der Waals surface area contributed by atoms with E-state index in [1.165, 1.54) is 7.11 Å². The maximum absolute atomic E-state index is 13.8. The maximum atomic E-state index is 13.8. The van der Waals surface area contributed by atoms with Gasteiger partial charge in [0.05, 0.1) is 27.8 Å². The van der Waals surface area contributed by atoms with Crippen molar-refractivity contribution in [1.29, 1.82) is 0 Å². The first-order valence-electron chi connectivity index (χ1n) is 11.6. The molecule has 1 N–H and O–H groups in total. The summed E-state index contributed by atoms with van der Waals surface area (Å²) < 4.78 is 3.24.